The molecule has 1 fully saturated rings. The molecule has 2 aromatic rings. The first-order chi connectivity index (χ1) is 10.2. The van der Waals surface area contributed by atoms with Crippen LogP contribution in [0, 0.1) is 12.8 Å². The number of hydrogen-bond donors (Lipinski definition) is 1. The Labute approximate surface area is 124 Å². The Hall–Kier alpha value is -2.10. The van der Waals surface area contributed by atoms with Gasteiger partial charge in [-0.15, -0.1) is 0 Å². The van der Waals surface area contributed by atoms with Crippen molar-refractivity contribution in [2.75, 3.05) is 5.32 Å². The van der Waals surface area contributed by atoms with Crippen LogP contribution in [0.2, 0.25) is 0 Å². The average molecular weight is 281 g/mol. The Morgan fingerprint density at radius 3 is 3.00 bits per heavy atom. The molecule has 0 amide bonds. The van der Waals surface area contributed by atoms with Crippen molar-refractivity contribution in [2.24, 2.45) is 5.92 Å². The molecule has 2 aliphatic rings. The number of ketones is 1. The second-order valence-electron chi connectivity index (χ2n) is 6.12. The number of carbonyl (C=O) groups is 1. The molecule has 0 spiro atoms. The number of nitrogens with zero attached hydrogens (tertiary/aromatic N) is 2. The number of anilines is 1. The molecule has 0 radical (unpaired) electrons. The van der Waals surface area contributed by atoms with Crippen LogP contribution >= 0.6 is 0 Å². The quantitative estimate of drug-likeness (QED) is 0.920. The molecule has 0 unspecified atom stereocenters. The fraction of sp³-hybridized carbons (Fsp3) is 0.412. The van der Waals surface area contributed by atoms with Crippen LogP contribution in [0.15, 0.2) is 36.7 Å². The monoisotopic (exact) mass is 281 g/mol. The van der Waals surface area contributed by atoms with Crippen LogP contribution in [-0.2, 0) is 11.3 Å². The smallest absolute Gasteiger partial charge is 0.147 e. The second-order valence-corrected chi connectivity index (χ2v) is 6.12. The summed E-state index contributed by atoms with van der Waals surface area (Å²) in [5, 5.41) is 3.52. The Bertz CT molecular complexity index is 691. The van der Waals surface area contributed by atoms with E-state index in [2.05, 4.69) is 27.0 Å². The number of carbonyl (C=O) groups excluding carboxylic acids is 1. The first-order valence-electron chi connectivity index (χ1n) is 7.61. The normalized spacial score (nSPS) is 27.1. The van der Waals surface area contributed by atoms with Crippen molar-refractivity contribution in [3.8, 4) is 0 Å². The molecule has 108 valence electrons. The van der Waals surface area contributed by atoms with Gasteiger partial charge in [-0.05, 0) is 31.4 Å². The van der Waals surface area contributed by atoms with Crippen molar-refractivity contribution in [1.29, 1.82) is 0 Å². The molecule has 4 rings (SSSR count). The lowest BCUT2D eigenvalue weighted by molar-refractivity contribution is -0.126. The number of para-hydroxylation sites is 1. The molecule has 3 atom stereocenters. The molecule has 1 N–H and O–H groups in total. The Morgan fingerprint density at radius 1 is 1.33 bits per heavy atom. The summed E-state index contributed by atoms with van der Waals surface area (Å²) >= 11 is 0. The number of nitrogens with one attached hydrogen (secondary N) is 1. The molecule has 4 heteroatoms. The van der Waals surface area contributed by atoms with E-state index in [4.69, 9.17) is 0 Å². The third-order valence-corrected chi connectivity index (χ3v) is 4.91. The first kappa shape index (κ1) is 12.6. The van der Waals surface area contributed by atoms with E-state index in [1.807, 2.05) is 25.3 Å². The maximum Gasteiger partial charge on any atom is 0.147 e. The van der Waals surface area contributed by atoms with Gasteiger partial charge in [0.1, 0.15) is 11.6 Å². The fourth-order valence-electron chi connectivity index (χ4n) is 3.78. The average Bonchev–Trinajstić information content (AvgIpc) is 3.06. The highest BCUT2D eigenvalue weighted by Crippen LogP contribution is 2.43. The number of imidazole rings is 1. The van der Waals surface area contributed by atoms with Crippen molar-refractivity contribution in [1.82, 2.24) is 9.55 Å². The lowest BCUT2D eigenvalue weighted by Gasteiger charge is -2.31. The molecule has 1 aliphatic heterocycles. The second kappa shape index (κ2) is 4.72. The minimum Gasteiger partial charge on any atom is -0.381 e. The zero-order valence-electron chi connectivity index (χ0n) is 12.1. The number of fused-ring (bicyclic) bond motifs is 3. The summed E-state index contributed by atoms with van der Waals surface area (Å²) in [6.07, 6.45) is 5.79. The number of aryl methyl sites for hydroxylation is 1. The molecule has 4 nitrogen and oxygen atoms in total. The van der Waals surface area contributed by atoms with Gasteiger partial charge in [0.15, 0.2) is 0 Å². The van der Waals surface area contributed by atoms with Crippen LogP contribution < -0.4 is 5.32 Å². The number of hydrogen-bond acceptors (Lipinski definition) is 3. The van der Waals surface area contributed by atoms with E-state index in [1.54, 1.807) is 6.20 Å². The van der Waals surface area contributed by atoms with Crippen LogP contribution in [0.1, 0.15) is 30.1 Å². The van der Waals surface area contributed by atoms with Gasteiger partial charge in [0.25, 0.3) is 0 Å². The predicted molar refractivity (Wildman–Crippen MR) is 81.3 cm³/mol. The minimum atomic E-state index is 0.0313. The van der Waals surface area contributed by atoms with Gasteiger partial charge in [0.05, 0.1) is 5.92 Å². The summed E-state index contributed by atoms with van der Waals surface area (Å²) in [4.78, 5) is 17.2. The minimum absolute atomic E-state index is 0.0313. The van der Waals surface area contributed by atoms with Crippen molar-refractivity contribution >= 4 is 11.5 Å². The van der Waals surface area contributed by atoms with Gasteiger partial charge >= 0.3 is 0 Å². The van der Waals surface area contributed by atoms with Gasteiger partial charge in [-0.2, -0.15) is 0 Å². The van der Waals surface area contributed by atoms with E-state index in [1.165, 1.54) is 5.56 Å². The summed E-state index contributed by atoms with van der Waals surface area (Å²) in [5.74, 6) is 1.50. The van der Waals surface area contributed by atoms with Gasteiger partial charge < -0.3 is 9.88 Å². The zero-order chi connectivity index (χ0) is 14.4. The van der Waals surface area contributed by atoms with E-state index >= 15 is 0 Å². The van der Waals surface area contributed by atoms with Crippen LogP contribution in [0.25, 0.3) is 0 Å². The molecular formula is C17H19N3O. The number of aromatic nitrogens is 2. The molecule has 2 heterocycles. The zero-order valence-corrected chi connectivity index (χ0v) is 12.1. The summed E-state index contributed by atoms with van der Waals surface area (Å²) in [6, 6.07) is 8.51. The van der Waals surface area contributed by atoms with Crippen molar-refractivity contribution in [3.63, 3.8) is 0 Å². The number of Topliss-reactive ketones (excluding diaryl/α,β-unsaturated/α-hetero) is 1. The van der Waals surface area contributed by atoms with Crippen molar-refractivity contribution in [2.45, 2.75) is 38.3 Å². The lowest BCUT2D eigenvalue weighted by atomic mass is 9.75. The van der Waals surface area contributed by atoms with E-state index < -0.39 is 0 Å². The van der Waals surface area contributed by atoms with E-state index in [0.717, 1.165) is 30.9 Å². The van der Waals surface area contributed by atoms with E-state index in [-0.39, 0.29) is 17.9 Å². The van der Waals surface area contributed by atoms with Gasteiger partial charge in [-0.3, -0.25) is 4.79 Å². The largest absolute Gasteiger partial charge is 0.381 e. The van der Waals surface area contributed by atoms with Gasteiger partial charge in [-0.1, -0.05) is 18.2 Å². The summed E-state index contributed by atoms with van der Waals surface area (Å²) in [5.41, 5.74) is 2.32. The van der Waals surface area contributed by atoms with E-state index in [9.17, 15) is 4.79 Å². The summed E-state index contributed by atoms with van der Waals surface area (Å²) in [6.45, 7) is 2.75. The Morgan fingerprint density at radius 2 is 2.19 bits per heavy atom. The Balaban J connectivity index is 1.61. The molecule has 0 saturated heterocycles. The summed E-state index contributed by atoms with van der Waals surface area (Å²) < 4.78 is 2.09. The fourth-order valence-corrected chi connectivity index (χ4v) is 3.78. The predicted octanol–water partition coefficient (Wildman–Crippen LogP) is 2.75. The van der Waals surface area contributed by atoms with Crippen molar-refractivity contribution in [3.05, 3.63) is 48.0 Å². The van der Waals surface area contributed by atoms with Crippen LogP contribution in [0.5, 0.6) is 0 Å². The molecule has 21 heavy (non-hydrogen) atoms. The molecule has 1 aromatic heterocycles. The highest BCUT2D eigenvalue weighted by molar-refractivity contribution is 5.93. The van der Waals surface area contributed by atoms with Gasteiger partial charge in [-0.25, -0.2) is 4.98 Å². The van der Waals surface area contributed by atoms with Crippen molar-refractivity contribution < 1.29 is 4.79 Å². The maximum atomic E-state index is 12.9. The standard InChI is InChI=1S/C17H19N3O/c1-11-18-8-9-20(11)10-12-6-7-15-16(17(12)21)13-4-2-3-5-14(13)19-15/h2-5,8-9,12,15-16,19H,6-7,10H2,1H3/t12-,15+,16+/m1/s1. The highest BCUT2D eigenvalue weighted by Gasteiger charge is 2.43. The molecule has 1 aliphatic carbocycles. The topological polar surface area (TPSA) is 46.9 Å². The Kier molecular flexibility index (Phi) is 2.84. The molecular weight excluding hydrogens is 262 g/mol. The van der Waals surface area contributed by atoms with Gasteiger partial charge in [0.2, 0.25) is 0 Å². The first-order valence-corrected chi connectivity index (χ1v) is 7.61. The van der Waals surface area contributed by atoms with Gasteiger partial charge in [0, 0.05) is 36.6 Å². The molecule has 1 saturated carbocycles. The number of rotatable bonds is 2. The van der Waals surface area contributed by atoms with E-state index in [0.29, 0.717) is 5.78 Å². The number of benzene rings is 1. The lowest BCUT2D eigenvalue weighted by Crippen LogP contribution is -2.38. The third kappa shape index (κ3) is 1.97. The summed E-state index contributed by atoms with van der Waals surface area (Å²) in [7, 11) is 0. The maximum absolute atomic E-state index is 12.9. The van der Waals surface area contributed by atoms with Crippen LogP contribution in [0.4, 0.5) is 5.69 Å². The van der Waals surface area contributed by atoms with Crippen LogP contribution in [-0.4, -0.2) is 21.4 Å². The SMILES string of the molecule is Cc1nccn1C[C@H]1CC[C@@H]2Nc3ccccc3[C@@H]2C1=O. The molecule has 1 aromatic carbocycles. The van der Waals surface area contributed by atoms with Crippen LogP contribution in [0.3, 0.4) is 0 Å². The third-order valence-electron chi connectivity index (χ3n) is 4.91. The highest BCUT2D eigenvalue weighted by atomic mass is 16.1. The molecule has 0 bridgehead atoms.